The van der Waals surface area contributed by atoms with E-state index in [1.165, 1.54) is 0 Å². The Morgan fingerprint density at radius 1 is 1.11 bits per heavy atom. The average molecular weight is 390 g/mol. The number of likely N-dealkylation sites (tertiary alicyclic amines) is 1. The minimum absolute atomic E-state index is 0.0907. The molecule has 0 aliphatic carbocycles. The van der Waals surface area contributed by atoms with Crippen LogP contribution in [0.5, 0.6) is 11.5 Å². The van der Waals surface area contributed by atoms with Gasteiger partial charge in [-0.05, 0) is 50.1 Å². The fourth-order valence-corrected chi connectivity index (χ4v) is 3.68. The minimum Gasteiger partial charge on any atom is -0.497 e. The molecule has 1 atom stereocenters. The molecule has 6 heteroatoms. The zero-order valence-corrected chi connectivity index (χ0v) is 16.3. The van der Waals surface area contributed by atoms with Crippen molar-refractivity contribution in [1.82, 2.24) is 4.90 Å². The summed E-state index contributed by atoms with van der Waals surface area (Å²) in [4.78, 5) is 14.4. The van der Waals surface area contributed by atoms with Gasteiger partial charge in [-0.3, -0.25) is 4.79 Å². The predicted molar refractivity (Wildman–Crippen MR) is 104 cm³/mol. The summed E-state index contributed by atoms with van der Waals surface area (Å²) < 4.78 is 10.9. The molecule has 1 heterocycles. The molecule has 0 saturated carbocycles. The van der Waals surface area contributed by atoms with Crippen molar-refractivity contribution in [2.45, 2.75) is 31.5 Å². The van der Waals surface area contributed by atoms with Crippen molar-refractivity contribution in [3.8, 4) is 11.5 Å². The van der Waals surface area contributed by atoms with Crippen LogP contribution in [-0.4, -0.2) is 42.2 Å². The zero-order chi connectivity index (χ0) is 19.4. The van der Waals surface area contributed by atoms with Crippen molar-refractivity contribution in [1.29, 1.82) is 0 Å². The lowest BCUT2D eigenvalue weighted by Gasteiger charge is -2.39. The van der Waals surface area contributed by atoms with E-state index in [1.54, 1.807) is 49.3 Å². The fourth-order valence-electron chi connectivity index (χ4n) is 3.37. The van der Waals surface area contributed by atoms with Crippen LogP contribution in [0.3, 0.4) is 0 Å². The van der Waals surface area contributed by atoms with Crippen LogP contribution < -0.4 is 9.47 Å². The van der Waals surface area contributed by atoms with Crippen molar-refractivity contribution in [3.05, 3.63) is 59.1 Å². The van der Waals surface area contributed by atoms with E-state index in [1.807, 2.05) is 18.2 Å². The standard InChI is InChI=1S/C21H24ClNO4/c1-15(27-17-9-7-16(26-2)8-10-17)20(24)23-13-11-21(25,12-14-23)18-5-3-4-6-19(18)22/h3-10,15,25H,11-14H2,1-2H3. The van der Waals surface area contributed by atoms with Gasteiger partial charge in [-0.2, -0.15) is 0 Å². The molecular formula is C21H24ClNO4. The molecule has 0 spiro atoms. The monoisotopic (exact) mass is 389 g/mol. The summed E-state index contributed by atoms with van der Waals surface area (Å²) in [6.45, 7) is 2.65. The summed E-state index contributed by atoms with van der Waals surface area (Å²) in [6.07, 6.45) is 0.278. The van der Waals surface area contributed by atoms with Crippen molar-refractivity contribution in [3.63, 3.8) is 0 Å². The van der Waals surface area contributed by atoms with Gasteiger partial charge in [-0.25, -0.2) is 0 Å². The first-order chi connectivity index (χ1) is 12.9. The Labute approximate surface area is 164 Å². The number of rotatable bonds is 5. The normalized spacial score (nSPS) is 17.3. The molecule has 1 amide bonds. The molecule has 2 aromatic carbocycles. The summed E-state index contributed by atoms with van der Waals surface area (Å²) in [5, 5.41) is 11.5. The highest BCUT2D eigenvalue weighted by Gasteiger charge is 2.37. The number of halogens is 1. The summed E-state index contributed by atoms with van der Waals surface area (Å²) in [5.74, 6) is 1.25. The number of hydrogen-bond donors (Lipinski definition) is 1. The van der Waals surface area contributed by atoms with Crippen molar-refractivity contribution in [2.24, 2.45) is 0 Å². The summed E-state index contributed by atoms with van der Waals surface area (Å²) in [6, 6.07) is 14.4. The molecule has 0 bridgehead atoms. The van der Waals surface area contributed by atoms with Gasteiger partial charge >= 0.3 is 0 Å². The lowest BCUT2D eigenvalue weighted by molar-refractivity contribution is -0.142. The lowest BCUT2D eigenvalue weighted by atomic mass is 9.84. The smallest absolute Gasteiger partial charge is 0.263 e. The molecule has 5 nitrogen and oxygen atoms in total. The molecule has 1 fully saturated rings. The second-order valence-electron chi connectivity index (χ2n) is 6.77. The molecular weight excluding hydrogens is 366 g/mol. The quantitative estimate of drug-likeness (QED) is 0.848. The molecule has 1 unspecified atom stereocenters. The van der Waals surface area contributed by atoms with Crippen LogP contribution in [0.2, 0.25) is 5.02 Å². The molecule has 27 heavy (non-hydrogen) atoms. The Kier molecular flexibility index (Phi) is 5.92. The summed E-state index contributed by atoms with van der Waals surface area (Å²) in [5.41, 5.74) is -0.281. The van der Waals surface area contributed by atoms with E-state index in [0.29, 0.717) is 36.7 Å². The SMILES string of the molecule is COc1ccc(OC(C)C(=O)N2CCC(O)(c3ccccc3Cl)CC2)cc1. The number of amides is 1. The number of aliphatic hydroxyl groups is 1. The second kappa shape index (κ2) is 8.19. The third kappa shape index (κ3) is 4.37. The summed E-state index contributed by atoms with van der Waals surface area (Å²) in [7, 11) is 1.60. The van der Waals surface area contributed by atoms with Crippen LogP contribution >= 0.6 is 11.6 Å². The van der Waals surface area contributed by atoms with Gasteiger partial charge in [0, 0.05) is 23.7 Å². The lowest BCUT2D eigenvalue weighted by Crippen LogP contribution is -2.49. The number of hydrogen-bond acceptors (Lipinski definition) is 4. The third-order valence-corrected chi connectivity index (χ3v) is 5.33. The van der Waals surface area contributed by atoms with E-state index in [0.717, 1.165) is 11.3 Å². The van der Waals surface area contributed by atoms with Gasteiger partial charge in [0.15, 0.2) is 6.10 Å². The Bertz CT molecular complexity index is 785. The molecule has 1 aliphatic heterocycles. The number of benzene rings is 2. The van der Waals surface area contributed by atoms with Gasteiger partial charge in [0.25, 0.3) is 5.91 Å². The highest BCUT2D eigenvalue weighted by Crippen LogP contribution is 2.36. The first-order valence-corrected chi connectivity index (χ1v) is 9.37. The molecule has 1 N–H and O–H groups in total. The van der Waals surface area contributed by atoms with Gasteiger partial charge in [0.2, 0.25) is 0 Å². The topological polar surface area (TPSA) is 59.0 Å². The van der Waals surface area contributed by atoms with Crippen LogP contribution in [-0.2, 0) is 10.4 Å². The number of methoxy groups -OCH3 is 1. The van der Waals surface area contributed by atoms with E-state index in [-0.39, 0.29) is 5.91 Å². The molecule has 0 aromatic heterocycles. The van der Waals surface area contributed by atoms with Gasteiger partial charge in [0.05, 0.1) is 12.7 Å². The van der Waals surface area contributed by atoms with Crippen LogP contribution in [0.1, 0.15) is 25.3 Å². The molecule has 2 aromatic rings. The van der Waals surface area contributed by atoms with Gasteiger partial charge in [0.1, 0.15) is 11.5 Å². The molecule has 1 saturated heterocycles. The highest BCUT2D eigenvalue weighted by atomic mass is 35.5. The average Bonchev–Trinajstić information content (AvgIpc) is 2.69. The molecule has 144 valence electrons. The van der Waals surface area contributed by atoms with E-state index in [9.17, 15) is 9.90 Å². The first-order valence-electron chi connectivity index (χ1n) is 9.00. The maximum absolute atomic E-state index is 12.7. The maximum atomic E-state index is 12.7. The first kappa shape index (κ1) is 19.5. The van der Waals surface area contributed by atoms with Crippen LogP contribution in [0, 0.1) is 0 Å². The number of nitrogens with zero attached hydrogens (tertiary/aromatic N) is 1. The Balaban J connectivity index is 1.59. The molecule has 0 radical (unpaired) electrons. The highest BCUT2D eigenvalue weighted by molar-refractivity contribution is 6.31. The number of ether oxygens (including phenoxy) is 2. The van der Waals surface area contributed by atoms with E-state index < -0.39 is 11.7 Å². The largest absolute Gasteiger partial charge is 0.497 e. The Morgan fingerprint density at radius 2 is 1.70 bits per heavy atom. The fraction of sp³-hybridized carbons (Fsp3) is 0.381. The number of carbonyl (C=O) groups excluding carboxylic acids is 1. The van der Waals surface area contributed by atoms with E-state index in [2.05, 4.69) is 0 Å². The van der Waals surface area contributed by atoms with Crippen LogP contribution in [0.15, 0.2) is 48.5 Å². The van der Waals surface area contributed by atoms with E-state index >= 15 is 0 Å². The molecule has 1 aliphatic rings. The second-order valence-corrected chi connectivity index (χ2v) is 7.18. The van der Waals surface area contributed by atoms with E-state index in [4.69, 9.17) is 21.1 Å². The third-order valence-electron chi connectivity index (χ3n) is 5.00. The van der Waals surface area contributed by atoms with Crippen molar-refractivity contribution in [2.75, 3.05) is 20.2 Å². The summed E-state index contributed by atoms with van der Waals surface area (Å²) >= 11 is 6.24. The van der Waals surface area contributed by atoms with Crippen LogP contribution in [0.25, 0.3) is 0 Å². The molecule has 3 rings (SSSR count). The zero-order valence-electron chi connectivity index (χ0n) is 15.5. The van der Waals surface area contributed by atoms with Crippen molar-refractivity contribution < 1.29 is 19.4 Å². The number of carbonyl (C=O) groups is 1. The maximum Gasteiger partial charge on any atom is 0.263 e. The Morgan fingerprint density at radius 3 is 2.30 bits per heavy atom. The van der Waals surface area contributed by atoms with Gasteiger partial charge < -0.3 is 19.5 Å². The van der Waals surface area contributed by atoms with Gasteiger partial charge in [-0.1, -0.05) is 29.8 Å². The van der Waals surface area contributed by atoms with Gasteiger partial charge in [-0.15, -0.1) is 0 Å². The predicted octanol–water partition coefficient (Wildman–Crippen LogP) is 3.63. The Hall–Kier alpha value is -2.24. The minimum atomic E-state index is -1.00. The van der Waals surface area contributed by atoms with Crippen molar-refractivity contribution >= 4 is 17.5 Å². The van der Waals surface area contributed by atoms with Crippen LogP contribution in [0.4, 0.5) is 0 Å². The number of piperidine rings is 1.